The van der Waals surface area contributed by atoms with Gasteiger partial charge in [0.25, 0.3) is 21.6 Å². The molecule has 3 aliphatic carbocycles. The van der Waals surface area contributed by atoms with Gasteiger partial charge in [0.2, 0.25) is 5.88 Å². The van der Waals surface area contributed by atoms with Crippen LogP contribution in [-0.2, 0) is 14.8 Å². The van der Waals surface area contributed by atoms with Gasteiger partial charge in [0.05, 0.1) is 44.9 Å². The quantitative estimate of drug-likeness (QED) is 0.0516. The standard InChI is InChI=1S/C62H81N9O9S/c1-40(2)47-7-5-6-8-48(47)55-38-67(37-42-15-21-61(4,74)22-16-42)28-29-69(55)45-34-62(35-45)23-26-68(27-24-62)44-9-11-49(52(32-44)70-51-18-30-79-39-56(51)80-59-54(70)31-43-17-25-63-57(43)65-59)58(72)66-81(77,78)46-10-12-50(53(33-46)71(75)76)64-36-41-13-19-60(3,73)20-14-41/h5-12,17,25,31-33,40-42,45,51,55-56,64,73-74H,13-16,18-24,26-30,34-39H2,1-4H3,(H,63,65)(H,66,72)/t41-,42?,51-,55-,56-,60-,61?/m0/s1. The Morgan fingerprint density at radius 2 is 1.60 bits per heavy atom. The van der Waals surface area contributed by atoms with Crippen molar-refractivity contribution in [1.82, 2.24) is 24.5 Å². The topological polar surface area (TPSA) is 219 Å². The van der Waals surface area contributed by atoms with Gasteiger partial charge in [0.1, 0.15) is 23.1 Å². The third kappa shape index (κ3) is 11.5. The number of aliphatic hydroxyl groups is 2. The van der Waals surface area contributed by atoms with Crippen LogP contribution in [0.2, 0.25) is 0 Å². The number of H-pyrrole nitrogens is 1. The second-order valence-electron chi connectivity index (χ2n) is 25.9. The number of amides is 1. The summed E-state index contributed by atoms with van der Waals surface area (Å²) in [7, 11) is -4.64. The van der Waals surface area contributed by atoms with Crippen molar-refractivity contribution in [2.45, 2.75) is 157 Å². The summed E-state index contributed by atoms with van der Waals surface area (Å²) in [5.41, 5.74) is 4.45. The highest BCUT2D eigenvalue weighted by Gasteiger charge is 2.51. The van der Waals surface area contributed by atoms with Gasteiger partial charge in [0, 0.05) is 87.8 Å². The summed E-state index contributed by atoms with van der Waals surface area (Å²) in [6.07, 6.45) is 13.0. The maximum Gasteiger partial charge on any atom is 0.293 e. The lowest BCUT2D eigenvalue weighted by Crippen LogP contribution is -2.60. The van der Waals surface area contributed by atoms with Crippen molar-refractivity contribution >= 4 is 55.4 Å². The van der Waals surface area contributed by atoms with Crippen molar-refractivity contribution < 1.29 is 37.8 Å². The first-order valence-electron chi connectivity index (χ1n) is 29.8. The number of benzene rings is 3. The van der Waals surface area contributed by atoms with Crippen LogP contribution in [0.3, 0.4) is 0 Å². The lowest BCUT2D eigenvalue weighted by atomic mass is 9.59. The normalized spacial score (nSPS) is 28.3. The van der Waals surface area contributed by atoms with E-state index in [1.54, 1.807) is 6.07 Å². The van der Waals surface area contributed by atoms with Gasteiger partial charge in [-0.05, 0) is 174 Å². The molecule has 3 aromatic carbocycles. The van der Waals surface area contributed by atoms with E-state index in [1.165, 1.54) is 23.3 Å². The number of hydrogen-bond donors (Lipinski definition) is 5. The Bertz CT molecular complexity index is 3240. The van der Waals surface area contributed by atoms with Crippen LogP contribution < -0.4 is 24.6 Å². The van der Waals surface area contributed by atoms with Crippen molar-refractivity contribution in [3.63, 3.8) is 0 Å². The van der Waals surface area contributed by atoms with E-state index in [4.69, 9.17) is 14.5 Å². The summed E-state index contributed by atoms with van der Waals surface area (Å²) >= 11 is 0. The van der Waals surface area contributed by atoms with Gasteiger partial charge in [-0.25, -0.2) is 13.1 Å². The molecule has 3 saturated carbocycles. The first-order valence-corrected chi connectivity index (χ1v) is 31.3. The van der Waals surface area contributed by atoms with Gasteiger partial charge in [-0.2, -0.15) is 4.98 Å². The van der Waals surface area contributed by atoms with E-state index in [2.05, 4.69) is 72.7 Å². The maximum absolute atomic E-state index is 14.8. The lowest BCUT2D eigenvalue weighted by Gasteiger charge is -2.58. The summed E-state index contributed by atoms with van der Waals surface area (Å²) in [4.78, 5) is 44.4. The number of nitro groups is 1. The van der Waals surface area contributed by atoms with Crippen LogP contribution >= 0.6 is 0 Å². The number of aromatic nitrogens is 2. The lowest BCUT2D eigenvalue weighted by molar-refractivity contribution is -0.384. The van der Waals surface area contributed by atoms with E-state index in [0.717, 1.165) is 121 Å². The number of aromatic amines is 1. The number of rotatable bonds is 14. The third-order valence-electron chi connectivity index (χ3n) is 19.7. The number of piperidine rings is 1. The molecular formula is C62H81N9O9S. The van der Waals surface area contributed by atoms with E-state index in [9.17, 15) is 33.5 Å². The molecule has 1 amide bonds. The molecule has 0 radical (unpaired) electrons. The van der Waals surface area contributed by atoms with E-state index < -0.39 is 48.7 Å². The number of carbonyl (C=O) groups is 1. The Morgan fingerprint density at radius 1 is 0.877 bits per heavy atom. The van der Waals surface area contributed by atoms with Gasteiger partial charge in [0.15, 0.2) is 0 Å². The predicted octanol–water partition coefficient (Wildman–Crippen LogP) is 9.80. The second kappa shape index (κ2) is 22.1. The summed E-state index contributed by atoms with van der Waals surface area (Å²) in [5, 5.41) is 37.6. The molecule has 18 nitrogen and oxygen atoms in total. The fourth-order valence-corrected chi connectivity index (χ4v) is 15.8. The molecule has 3 atom stereocenters. The summed E-state index contributed by atoms with van der Waals surface area (Å²) in [6, 6.07) is 22.8. The number of pyridine rings is 1. The smallest absolute Gasteiger partial charge is 0.293 e. The van der Waals surface area contributed by atoms with Crippen LogP contribution in [0.25, 0.3) is 11.0 Å². The highest BCUT2D eigenvalue weighted by Crippen LogP contribution is 2.54. The molecule has 434 valence electrons. The van der Waals surface area contributed by atoms with E-state index in [1.807, 2.05) is 44.3 Å². The molecular weight excluding hydrogens is 1050 g/mol. The first kappa shape index (κ1) is 55.7. The van der Waals surface area contributed by atoms with Crippen LogP contribution in [0.15, 0.2) is 83.9 Å². The highest BCUT2D eigenvalue weighted by atomic mass is 32.2. The Labute approximate surface area is 476 Å². The molecule has 5 N–H and O–H groups in total. The molecule has 0 bridgehead atoms. The molecule has 81 heavy (non-hydrogen) atoms. The van der Waals surface area contributed by atoms with Crippen LogP contribution in [0.4, 0.5) is 28.4 Å². The van der Waals surface area contributed by atoms with Gasteiger partial charge in [-0.3, -0.25) is 24.7 Å². The van der Waals surface area contributed by atoms with Gasteiger partial charge in [-0.1, -0.05) is 38.1 Å². The molecule has 6 fully saturated rings. The first-order chi connectivity index (χ1) is 38.8. The maximum atomic E-state index is 14.8. The Hall–Kier alpha value is -5.83. The van der Waals surface area contributed by atoms with E-state index in [0.29, 0.717) is 85.8 Å². The zero-order chi connectivity index (χ0) is 56.4. The molecule has 3 saturated heterocycles. The van der Waals surface area contributed by atoms with Crippen LogP contribution in [0, 0.1) is 27.4 Å². The summed E-state index contributed by atoms with van der Waals surface area (Å²) < 4.78 is 43.4. The number of fused-ring (bicyclic) bond motifs is 3. The molecule has 6 heterocycles. The average Bonchev–Trinajstić information content (AvgIpc) is 3.87. The highest BCUT2D eigenvalue weighted by molar-refractivity contribution is 7.90. The molecule has 1 spiro atoms. The largest absolute Gasteiger partial charge is 0.468 e. The number of sulfonamides is 1. The zero-order valence-corrected chi connectivity index (χ0v) is 48.3. The summed E-state index contributed by atoms with van der Waals surface area (Å²) in [6.45, 7) is 15.5. The van der Waals surface area contributed by atoms with E-state index >= 15 is 0 Å². The average molecular weight is 1130 g/mol. The second-order valence-corrected chi connectivity index (χ2v) is 27.5. The number of hydrogen-bond acceptors (Lipinski definition) is 15. The molecule has 12 rings (SSSR count). The Morgan fingerprint density at radius 3 is 2.33 bits per heavy atom. The summed E-state index contributed by atoms with van der Waals surface area (Å²) in [5.74, 6) is 0.728. The van der Waals surface area contributed by atoms with Crippen molar-refractivity contribution in [1.29, 1.82) is 0 Å². The number of piperazine rings is 1. The molecule has 5 aromatic rings. The molecule has 4 aliphatic heterocycles. The molecule has 19 heteroatoms. The number of anilines is 4. The minimum atomic E-state index is -4.64. The van der Waals surface area contributed by atoms with E-state index in [-0.39, 0.29) is 28.6 Å². The Kier molecular flexibility index (Phi) is 15.2. The van der Waals surface area contributed by atoms with Crippen molar-refractivity contribution in [2.24, 2.45) is 17.3 Å². The van der Waals surface area contributed by atoms with Crippen LogP contribution in [-0.4, -0.2) is 138 Å². The molecule has 0 unspecified atom stereocenters. The fourth-order valence-electron chi connectivity index (χ4n) is 14.8. The van der Waals surface area contributed by atoms with Gasteiger partial charge in [-0.15, -0.1) is 0 Å². The SMILES string of the molecule is CC(C)c1ccccc1[C@@H]1CN(CC2CCC(C)(O)CC2)CCN1C1CC2(CCN(c3ccc(C(=O)NS(=O)(=O)c4ccc(NC[C@H]5CC[C@](C)(O)CC5)c([N+](=O)[O-])c4)c(N4c5cc6cc[nH]c6nc5O[C@H]5COCC[C@@H]54)c3)CC2)C1. The number of nitrogens with one attached hydrogen (secondary N) is 3. The Balaban J connectivity index is 0.792. The van der Waals surface area contributed by atoms with Gasteiger partial charge >= 0.3 is 0 Å². The third-order valence-corrected chi connectivity index (χ3v) is 21.1. The fraction of sp³-hybridized carbons (Fsp3) is 0.581. The minimum Gasteiger partial charge on any atom is -0.468 e. The number of nitro benzene ring substituents is 1. The van der Waals surface area contributed by atoms with Crippen LogP contribution in [0.5, 0.6) is 5.88 Å². The van der Waals surface area contributed by atoms with Crippen molar-refractivity contribution in [2.75, 3.05) is 74.1 Å². The van der Waals surface area contributed by atoms with Crippen LogP contribution in [0.1, 0.15) is 145 Å². The number of carbonyl (C=O) groups excluding carboxylic acids is 1. The van der Waals surface area contributed by atoms with Crippen molar-refractivity contribution in [3.8, 4) is 5.88 Å². The molecule has 2 aromatic heterocycles. The molecule has 7 aliphatic rings. The minimum absolute atomic E-state index is 0.115. The van der Waals surface area contributed by atoms with Gasteiger partial charge < -0.3 is 39.8 Å². The monoisotopic (exact) mass is 1130 g/mol. The number of nitrogens with zero attached hydrogens (tertiary/aromatic N) is 6. The zero-order valence-electron chi connectivity index (χ0n) is 47.4. The predicted molar refractivity (Wildman–Crippen MR) is 313 cm³/mol. The van der Waals surface area contributed by atoms with Crippen molar-refractivity contribution in [3.05, 3.63) is 106 Å². The number of ether oxygens (including phenoxy) is 2.